The van der Waals surface area contributed by atoms with Gasteiger partial charge in [-0.25, -0.2) is 0 Å². The molecule has 1 aliphatic heterocycles. The third kappa shape index (κ3) is 3.66. The number of nitrogens with one attached hydrogen (secondary N) is 2. The summed E-state index contributed by atoms with van der Waals surface area (Å²) in [4.78, 5) is 38.5. The van der Waals surface area contributed by atoms with Crippen LogP contribution in [0.1, 0.15) is 10.4 Å². The number of amides is 2. The Morgan fingerprint density at radius 3 is 2.58 bits per heavy atom. The maximum Gasteiger partial charge on any atom is 0.325 e. The molecule has 134 valence electrons. The first kappa shape index (κ1) is 17.5. The number of rotatable bonds is 4. The van der Waals surface area contributed by atoms with E-state index in [9.17, 15) is 14.4 Å². The van der Waals surface area contributed by atoms with Gasteiger partial charge in [0.2, 0.25) is 0 Å². The van der Waals surface area contributed by atoms with Gasteiger partial charge in [-0.15, -0.1) is 0 Å². The Balaban J connectivity index is 1.86. The minimum absolute atomic E-state index is 0.214. The van der Waals surface area contributed by atoms with Gasteiger partial charge in [0.1, 0.15) is 12.6 Å². The zero-order valence-electron chi connectivity index (χ0n) is 14.3. The minimum Gasteiger partial charge on any atom is -0.468 e. The summed E-state index contributed by atoms with van der Waals surface area (Å²) in [5, 5.41) is 5.89. The molecule has 1 aliphatic rings. The highest BCUT2D eigenvalue weighted by Gasteiger charge is 2.32. The van der Waals surface area contributed by atoms with E-state index in [-0.39, 0.29) is 24.9 Å². The predicted octanol–water partition coefficient (Wildman–Crippen LogP) is 1.42. The normalized spacial score (nSPS) is 16.1. The summed E-state index contributed by atoms with van der Waals surface area (Å²) < 4.78 is 4.70. The second-order valence-corrected chi connectivity index (χ2v) is 5.79. The number of hydrogen-bond acceptors (Lipinski definition) is 5. The Bertz CT molecular complexity index is 823. The molecule has 0 aromatic heterocycles. The number of anilines is 2. The van der Waals surface area contributed by atoms with Crippen LogP contribution in [0.3, 0.4) is 0 Å². The molecular formula is C19H19N3O4. The Morgan fingerprint density at radius 1 is 1.15 bits per heavy atom. The first-order valence-corrected chi connectivity index (χ1v) is 8.17. The van der Waals surface area contributed by atoms with E-state index in [1.54, 1.807) is 36.4 Å². The van der Waals surface area contributed by atoms with Gasteiger partial charge in [-0.2, -0.15) is 0 Å². The predicted molar refractivity (Wildman–Crippen MR) is 97.0 cm³/mol. The van der Waals surface area contributed by atoms with Crippen LogP contribution < -0.4 is 15.5 Å². The Labute approximate surface area is 150 Å². The summed E-state index contributed by atoms with van der Waals surface area (Å²) in [6, 6.07) is 15.0. The van der Waals surface area contributed by atoms with Gasteiger partial charge in [0.15, 0.2) is 0 Å². The van der Waals surface area contributed by atoms with Crippen molar-refractivity contribution in [1.29, 1.82) is 0 Å². The molecule has 26 heavy (non-hydrogen) atoms. The molecule has 1 atom stereocenters. The van der Waals surface area contributed by atoms with Gasteiger partial charge in [0.05, 0.1) is 18.5 Å². The number of benzene rings is 2. The van der Waals surface area contributed by atoms with Crippen molar-refractivity contribution in [3.8, 4) is 0 Å². The van der Waals surface area contributed by atoms with Gasteiger partial charge in [0, 0.05) is 12.1 Å². The van der Waals surface area contributed by atoms with Gasteiger partial charge in [0.25, 0.3) is 11.8 Å². The van der Waals surface area contributed by atoms with E-state index in [0.717, 1.165) is 0 Å². The average Bonchev–Trinajstić information content (AvgIpc) is 2.81. The lowest BCUT2D eigenvalue weighted by molar-refractivity contribution is -0.140. The molecule has 2 aromatic carbocycles. The fourth-order valence-corrected chi connectivity index (χ4v) is 2.77. The number of para-hydroxylation sites is 2. The maximum absolute atomic E-state index is 13.0. The molecule has 2 aromatic rings. The van der Waals surface area contributed by atoms with Crippen LogP contribution in [-0.2, 0) is 14.3 Å². The van der Waals surface area contributed by atoms with E-state index in [1.807, 2.05) is 18.2 Å². The highest BCUT2D eigenvalue weighted by molar-refractivity contribution is 6.07. The van der Waals surface area contributed by atoms with Crippen LogP contribution in [0.15, 0.2) is 54.6 Å². The number of fused-ring (bicyclic) bond motifs is 1. The van der Waals surface area contributed by atoms with Crippen molar-refractivity contribution in [2.45, 2.75) is 6.04 Å². The minimum atomic E-state index is -0.820. The molecule has 0 aliphatic carbocycles. The van der Waals surface area contributed by atoms with Crippen molar-refractivity contribution in [2.24, 2.45) is 0 Å². The Kier molecular flexibility index (Phi) is 5.17. The van der Waals surface area contributed by atoms with Crippen LogP contribution >= 0.6 is 0 Å². The lowest BCUT2D eigenvalue weighted by Gasteiger charge is -2.24. The van der Waals surface area contributed by atoms with Gasteiger partial charge >= 0.3 is 5.97 Å². The number of carbonyl (C=O) groups excluding carboxylic acids is 3. The monoisotopic (exact) mass is 353 g/mol. The molecule has 0 saturated heterocycles. The molecule has 2 N–H and O–H groups in total. The summed E-state index contributed by atoms with van der Waals surface area (Å²) in [7, 11) is 1.27. The Hall–Kier alpha value is -3.35. The highest BCUT2D eigenvalue weighted by Crippen LogP contribution is 2.28. The summed E-state index contributed by atoms with van der Waals surface area (Å²) in [5.41, 5.74) is 1.74. The van der Waals surface area contributed by atoms with E-state index < -0.39 is 12.0 Å². The molecule has 7 nitrogen and oxygen atoms in total. The lowest BCUT2D eigenvalue weighted by Crippen LogP contribution is -2.51. The van der Waals surface area contributed by atoms with E-state index in [0.29, 0.717) is 16.9 Å². The summed E-state index contributed by atoms with van der Waals surface area (Å²) in [6.07, 6.45) is 0. The van der Waals surface area contributed by atoms with Crippen molar-refractivity contribution < 1.29 is 19.1 Å². The second-order valence-electron chi connectivity index (χ2n) is 5.79. The van der Waals surface area contributed by atoms with Crippen LogP contribution in [0.2, 0.25) is 0 Å². The number of nitrogens with zero attached hydrogens (tertiary/aromatic N) is 1. The summed E-state index contributed by atoms with van der Waals surface area (Å²) in [6.45, 7) is -0.0160. The fourth-order valence-electron chi connectivity index (χ4n) is 2.77. The number of esters is 1. The molecule has 7 heteroatoms. The molecule has 3 rings (SSSR count). The van der Waals surface area contributed by atoms with Gasteiger partial charge in [-0.05, 0) is 24.3 Å². The zero-order valence-corrected chi connectivity index (χ0v) is 14.3. The molecule has 0 saturated carbocycles. The summed E-state index contributed by atoms with van der Waals surface area (Å²) >= 11 is 0. The number of hydrogen-bond donors (Lipinski definition) is 2. The number of methoxy groups -OCH3 is 1. The van der Waals surface area contributed by atoms with Crippen LogP contribution in [0, 0.1) is 0 Å². The van der Waals surface area contributed by atoms with Gasteiger partial charge in [-0.1, -0.05) is 30.3 Å². The molecule has 1 heterocycles. The largest absolute Gasteiger partial charge is 0.468 e. The molecule has 0 spiro atoms. The van der Waals surface area contributed by atoms with Crippen molar-refractivity contribution in [3.63, 3.8) is 0 Å². The summed E-state index contributed by atoms with van der Waals surface area (Å²) in [5.74, 6) is -1.27. The maximum atomic E-state index is 13.0. The molecule has 0 fully saturated rings. The number of carbonyl (C=O) groups is 3. The van der Waals surface area contributed by atoms with Crippen molar-refractivity contribution in [2.75, 3.05) is 30.4 Å². The quantitative estimate of drug-likeness (QED) is 0.812. The van der Waals surface area contributed by atoms with Crippen molar-refractivity contribution in [1.82, 2.24) is 5.32 Å². The third-order valence-electron chi connectivity index (χ3n) is 4.11. The third-order valence-corrected chi connectivity index (χ3v) is 4.11. The highest BCUT2D eigenvalue weighted by atomic mass is 16.5. The number of ether oxygens (including phenoxy) is 1. The molecule has 0 radical (unpaired) electrons. The van der Waals surface area contributed by atoms with Gasteiger partial charge < -0.3 is 15.4 Å². The van der Waals surface area contributed by atoms with E-state index in [1.165, 1.54) is 12.0 Å². The van der Waals surface area contributed by atoms with Crippen LogP contribution in [0.25, 0.3) is 0 Å². The average molecular weight is 353 g/mol. The lowest BCUT2D eigenvalue weighted by atomic mass is 10.2. The van der Waals surface area contributed by atoms with E-state index in [4.69, 9.17) is 4.74 Å². The van der Waals surface area contributed by atoms with Crippen LogP contribution in [0.5, 0.6) is 0 Å². The topological polar surface area (TPSA) is 87.7 Å². The second kappa shape index (κ2) is 7.69. The van der Waals surface area contributed by atoms with E-state index >= 15 is 0 Å². The first-order valence-electron chi connectivity index (χ1n) is 8.17. The SMILES string of the molecule is COC(=O)CN1C(=O)[C@@H](NC(=O)c2ccccc2)CNc2ccccc21. The van der Waals surface area contributed by atoms with Crippen molar-refractivity contribution >= 4 is 29.2 Å². The standard InChI is InChI=1S/C19H19N3O4/c1-26-17(23)12-22-16-10-6-5-9-14(16)20-11-15(19(22)25)21-18(24)13-7-3-2-4-8-13/h2-10,15,20H,11-12H2,1H3,(H,21,24)/t15-/m0/s1. The zero-order chi connectivity index (χ0) is 18.5. The molecule has 2 amide bonds. The molecule has 0 unspecified atom stereocenters. The van der Waals surface area contributed by atoms with Crippen molar-refractivity contribution in [3.05, 3.63) is 60.2 Å². The smallest absolute Gasteiger partial charge is 0.325 e. The Morgan fingerprint density at radius 2 is 1.85 bits per heavy atom. The van der Waals surface area contributed by atoms with Gasteiger partial charge in [-0.3, -0.25) is 19.3 Å². The van der Waals surface area contributed by atoms with Crippen LogP contribution in [-0.4, -0.2) is 44.0 Å². The molecule has 0 bridgehead atoms. The van der Waals surface area contributed by atoms with E-state index in [2.05, 4.69) is 10.6 Å². The fraction of sp³-hybridized carbons (Fsp3) is 0.211. The first-order chi connectivity index (χ1) is 12.6. The molecular weight excluding hydrogens is 334 g/mol. The van der Waals surface area contributed by atoms with Crippen LogP contribution in [0.4, 0.5) is 11.4 Å².